The van der Waals surface area contributed by atoms with E-state index in [1.807, 2.05) is 17.0 Å². The average Bonchev–Trinajstić information content (AvgIpc) is 2.55. The normalized spacial score (nSPS) is 15.7. The molecule has 0 atom stereocenters. The van der Waals surface area contributed by atoms with E-state index in [9.17, 15) is 4.79 Å². The zero-order valence-electron chi connectivity index (χ0n) is 13.7. The van der Waals surface area contributed by atoms with Crippen LogP contribution in [0, 0.1) is 0 Å². The van der Waals surface area contributed by atoms with E-state index in [1.165, 1.54) is 0 Å². The molecule has 0 aliphatic carbocycles. The van der Waals surface area contributed by atoms with Crippen molar-refractivity contribution in [3.63, 3.8) is 0 Å². The second-order valence-corrected chi connectivity index (χ2v) is 6.74. The Morgan fingerprint density at radius 3 is 2.61 bits per heavy atom. The molecule has 6 heteroatoms. The molecule has 128 valence electrons. The number of carbonyl (C=O) groups excluding carboxylic acids is 1. The van der Waals surface area contributed by atoms with Crippen LogP contribution in [0.1, 0.15) is 25.3 Å². The summed E-state index contributed by atoms with van der Waals surface area (Å²) in [5.74, 6) is 0. The third-order valence-corrected chi connectivity index (χ3v) is 4.77. The average molecular weight is 358 g/mol. The summed E-state index contributed by atoms with van der Waals surface area (Å²) in [7, 11) is 0. The number of unbranched alkanes of at least 4 members (excludes halogenated alkanes) is 1. The fourth-order valence-corrected chi connectivity index (χ4v) is 3.16. The van der Waals surface area contributed by atoms with Gasteiger partial charge in [0.15, 0.2) is 0 Å². The highest BCUT2D eigenvalue weighted by molar-refractivity contribution is 6.35. The second-order valence-electron chi connectivity index (χ2n) is 5.90. The Kier molecular flexibility index (Phi) is 7.47. The molecular formula is C17H25Cl2N3O. The molecule has 1 heterocycles. The van der Waals surface area contributed by atoms with Gasteiger partial charge in [-0.05, 0) is 30.5 Å². The van der Waals surface area contributed by atoms with Gasteiger partial charge in [0.1, 0.15) is 0 Å². The monoisotopic (exact) mass is 357 g/mol. The van der Waals surface area contributed by atoms with Gasteiger partial charge in [0.2, 0.25) is 0 Å². The minimum absolute atomic E-state index is 0.0684. The first-order valence-electron chi connectivity index (χ1n) is 8.29. The number of piperazine rings is 1. The summed E-state index contributed by atoms with van der Waals surface area (Å²) in [6.07, 6.45) is 3.04. The first-order valence-corrected chi connectivity index (χ1v) is 9.05. The van der Waals surface area contributed by atoms with Gasteiger partial charge in [-0.1, -0.05) is 42.6 Å². The molecule has 1 aromatic rings. The van der Waals surface area contributed by atoms with Crippen molar-refractivity contribution >= 4 is 29.2 Å². The number of carbonyl (C=O) groups is 1. The number of amides is 2. The Hall–Kier alpha value is -0.970. The fraction of sp³-hybridized carbons (Fsp3) is 0.588. The van der Waals surface area contributed by atoms with E-state index in [2.05, 4.69) is 17.1 Å². The molecule has 0 radical (unpaired) electrons. The number of hydrogen-bond acceptors (Lipinski definition) is 2. The van der Waals surface area contributed by atoms with Crippen molar-refractivity contribution in [2.75, 3.05) is 39.3 Å². The number of rotatable bonds is 6. The molecule has 1 aromatic carbocycles. The van der Waals surface area contributed by atoms with Crippen molar-refractivity contribution in [1.82, 2.24) is 15.1 Å². The summed E-state index contributed by atoms with van der Waals surface area (Å²) < 4.78 is 0. The van der Waals surface area contributed by atoms with Crippen LogP contribution in [0.2, 0.25) is 10.0 Å². The van der Waals surface area contributed by atoms with E-state index in [4.69, 9.17) is 23.2 Å². The number of halogens is 2. The summed E-state index contributed by atoms with van der Waals surface area (Å²) in [4.78, 5) is 16.3. The largest absolute Gasteiger partial charge is 0.338 e. The third kappa shape index (κ3) is 5.87. The molecule has 1 aliphatic rings. The first-order chi connectivity index (χ1) is 11.1. The Balaban J connectivity index is 1.71. The van der Waals surface area contributed by atoms with Gasteiger partial charge >= 0.3 is 6.03 Å². The molecule has 0 saturated carbocycles. The Bertz CT molecular complexity index is 517. The van der Waals surface area contributed by atoms with Gasteiger partial charge in [-0.2, -0.15) is 0 Å². The first kappa shape index (κ1) is 18.4. The molecule has 1 aliphatic heterocycles. The molecule has 2 amide bonds. The van der Waals surface area contributed by atoms with Crippen molar-refractivity contribution in [2.45, 2.75) is 26.2 Å². The van der Waals surface area contributed by atoms with E-state index in [0.29, 0.717) is 5.02 Å². The number of urea groups is 1. The third-order valence-electron chi connectivity index (χ3n) is 4.18. The Labute approximate surface area is 148 Å². The Morgan fingerprint density at radius 1 is 1.22 bits per heavy atom. The highest BCUT2D eigenvalue weighted by Gasteiger charge is 2.20. The van der Waals surface area contributed by atoms with Gasteiger partial charge in [-0.15, -0.1) is 0 Å². The number of nitrogens with one attached hydrogen (secondary N) is 1. The number of nitrogens with zero attached hydrogens (tertiary/aromatic N) is 2. The molecule has 1 fully saturated rings. The van der Waals surface area contributed by atoms with Crippen molar-refractivity contribution in [3.8, 4) is 0 Å². The highest BCUT2D eigenvalue weighted by atomic mass is 35.5. The zero-order valence-corrected chi connectivity index (χ0v) is 15.2. The van der Waals surface area contributed by atoms with Gasteiger partial charge in [0.25, 0.3) is 0 Å². The standard InChI is InChI=1S/C17H25Cl2N3O/c1-2-3-7-20-17(23)22-11-9-21(10-12-22)8-6-14-4-5-15(18)13-16(14)19/h4-5,13H,2-3,6-12H2,1H3,(H,20,23). The molecule has 1 saturated heterocycles. The predicted molar refractivity (Wildman–Crippen MR) is 96.5 cm³/mol. The predicted octanol–water partition coefficient (Wildman–Crippen LogP) is 3.66. The maximum Gasteiger partial charge on any atom is 0.317 e. The SMILES string of the molecule is CCCCNC(=O)N1CCN(CCc2ccc(Cl)cc2Cl)CC1. The van der Waals surface area contributed by atoms with E-state index >= 15 is 0 Å². The van der Waals surface area contributed by atoms with Gasteiger partial charge < -0.3 is 10.2 Å². The second kappa shape index (κ2) is 9.36. The fourth-order valence-electron chi connectivity index (χ4n) is 2.66. The van der Waals surface area contributed by atoms with Gasteiger partial charge in [0, 0.05) is 49.3 Å². The number of benzene rings is 1. The molecule has 0 unspecified atom stereocenters. The zero-order chi connectivity index (χ0) is 16.7. The van der Waals surface area contributed by atoms with Crippen LogP contribution in [-0.4, -0.2) is 55.1 Å². The van der Waals surface area contributed by atoms with E-state index in [0.717, 1.165) is 69.1 Å². The van der Waals surface area contributed by atoms with Gasteiger partial charge in [-0.25, -0.2) is 4.79 Å². The number of hydrogen-bond donors (Lipinski definition) is 1. The van der Waals surface area contributed by atoms with Crippen molar-refractivity contribution in [1.29, 1.82) is 0 Å². The quantitative estimate of drug-likeness (QED) is 0.788. The molecule has 23 heavy (non-hydrogen) atoms. The molecule has 0 bridgehead atoms. The van der Waals surface area contributed by atoms with Crippen LogP contribution in [0.25, 0.3) is 0 Å². The lowest BCUT2D eigenvalue weighted by molar-refractivity contribution is 0.140. The lowest BCUT2D eigenvalue weighted by atomic mass is 10.1. The van der Waals surface area contributed by atoms with Crippen molar-refractivity contribution in [3.05, 3.63) is 33.8 Å². The topological polar surface area (TPSA) is 35.6 Å². The summed E-state index contributed by atoms with van der Waals surface area (Å²) in [6, 6.07) is 5.72. The van der Waals surface area contributed by atoms with Crippen molar-refractivity contribution < 1.29 is 4.79 Å². The summed E-state index contributed by atoms with van der Waals surface area (Å²) >= 11 is 12.1. The van der Waals surface area contributed by atoms with Crippen LogP contribution in [-0.2, 0) is 6.42 Å². The molecule has 0 spiro atoms. The molecule has 4 nitrogen and oxygen atoms in total. The smallest absolute Gasteiger partial charge is 0.317 e. The minimum atomic E-state index is 0.0684. The minimum Gasteiger partial charge on any atom is -0.338 e. The molecule has 2 rings (SSSR count). The van der Waals surface area contributed by atoms with Gasteiger partial charge in [0.05, 0.1) is 0 Å². The van der Waals surface area contributed by atoms with Crippen LogP contribution >= 0.6 is 23.2 Å². The maximum atomic E-state index is 12.0. The van der Waals surface area contributed by atoms with E-state index in [-0.39, 0.29) is 6.03 Å². The lowest BCUT2D eigenvalue weighted by Crippen LogP contribution is -2.52. The summed E-state index contributed by atoms with van der Waals surface area (Å²) in [5.41, 5.74) is 1.12. The van der Waals surface area contributed by atoms with E-state index < -0.39 is 0 Å². The van der Waals surface area contributed by atoms with E-state index in [1.54, 1.807) is 6.07 Å². The summed E-state index contributed by atoms with van der Waals surface area (Å²) in [6.45, 7) is 7.23. The van der Waals surface area contributed by atoms with Crippen molar-refractivity contribution in [2.24, 2.45) is 0 Å². The summed E-state index contributed by atoms with van der Waals surface area (Å²) in [5, 5.41) is 4.37. The molecule has 0 aromatic heterocycles. The maximum absolute atomic E-state index is 12.0. The van der Waals surface area contributed by atoms with Crippen LogP contribution in [0.15, 0.2) is 18.2 Å². The van der Waals surface area contributed by atoms with Crippen LogP contribution in [0.5, 0.6) is 0 Å². The van der Waals surface area contributed by atoms with Gasteiger partial charge in [-0.3, -0.25) is 4.90 Å². The van der Waals surface area contributed by atoms with Crippen LogP contribution in [0.3, 0.4) is 0 Å². The Morgan fingerprint density at radius 2 is 1.96 bits per heavy atom. The highest BCUT2D eigenvalue weighted by Crippen LogP contribution is 2.21. The molecule has 1 N–H and O–H groups in total. The van der Waals surface area contributed by atoms with Crippen LogP contribution < -0.4 is 5.32 Å². The molecular weight excluding hydrogens is 333 g/mol. The van der Waals surface area contributed by atoms with Crippen LogP contribution in [0.4, 0.5) is 4.79 Å². The lowest BCUT2D eigenvalue weighted by Gasteiger charge is -2.34.